The van der Waals surface area contributed by atoms with Crippen LogP contribution in [0.3, 0.4) is 0 Å². The van der Waals surface area contributed by atoms with E-state index in [2.05, 4.69) is 5.32 Å². The van der Waals surface area contributed by atoms with Crippen LogP contribution >= 0.6 is 11.8 Å². The SMILES string of the molecule is CC(C)(SCCNC(N)=O)[C@@H](N)C(=O)O. The van der Waals surface area contributed by atoms with E-state index in [1.807, 2.05) is 0 Å². The third kappa shape index (κ3) is 5.48. The topological polar surface area (TPSA) is 118 Å². The molecular weight excluding hydrogens is 218 g/mol. The standard InChI is InChI=1S/C8H17N3O3S/c1-8(2,5(9)6(12)13)15-4-3-11-7(10)14/h5H,3-4,9H2,1-2H3,(H,12,13)(H3,10,11,14)/t5-/m0/s1. The summed E-state index contributed by atoms with van der Waals surface area (Å²) in [6.07, 6.45) is 0. The predicted octanol–water partition coefficient (Wildman–Crippen LogP) is -0.422. The van der Waals surface area contributed by atoms with E-state index in [4.69, 9.17) is 16.6 Å². The number of amides is 2. The van der Waals surface area contributed by atoms with Crippen LogP contribution in [0.1, 0.15) is 13.8 Å². The Balaban J connectivity index is 3.93. The molecule has 6 nitrogen and oxygen atoms in total. The van der Waals surface area contributed by atoms with Crippen LogP contribution in [0.5, 0.6) is 0 Å². The largest absolute Gasteiger partial charge is 0.480 e. The fourth-order valence-corrected chi connectivity index (χ4v) is 1.89. The summed E-state index contributed by atoms with van der Waals surface area (Å²) in [4.78, 5) is 21.0. The van der Waals surface area contributed by atoms with Crippen molar-refractivity contribution in [3.63, 3.8) is 0 Å². The van der Waals surface area contributed by atoms with Gasteiger partial charge < -0.3 is 21.9 Å². The van der Waals surface area contributed by atoms with E-state index in [1.54, 1.807) is 13.8 Å². The van der Waals surface area contributed by atoms with E-state index >= 15 is 0 Å². The summed E-state index contributed by atoms with van der Waals surface area (Å²) >= 11 is 1.38. The number of thioether (sulfide) groups is 1. The molecule has 0 aliphatic heterocycles. The zero-order valence-corrected chi connectivity index (χ0v) is 9.63. The summed E-state index contributed by atoms with van der Waals surface area (Å²) in [6, 6.07) is -1.52. The molecule has 0 aromatic rings. The van der Waals surface area contributed by atoms with Gasteiger partial charge in [0, 0.05) is 17.0 Å². The van der Waals surface area contributed by atoms with Gasteiger partial charge in [0.2, 0.25) is 0 Å². The quantitative estimate of drug-likeness (QED) is 0.466. The summed E-state index contributed by atoms with van der Waals surface area (Å²) in [6.45, 7) is 3.90. The summed E-state index contributed by atoms with van der Waals surface area (Å²) in [5, 5.41) is 11.2. The monoisotopic (exact) mass is 235 g/mol. The third-order valence-corrected chi connectivity index (χ3v) is 3.30. The summed E-state index contributed by atoms with van der Waals surface area (Å²) in [5.74, 6) is -0.466. The van der Waals surface area contributed by atoms with Gasteiger partial charge in [-0.15, -0.1) is 0 Å². The molecule has 88 valence electrons. The number of carbonyl (C=O) groups excluding carboxylic acids is 1. The van der Waals surface area contributed by atoms with Crippen LogP contribution in [-0.2, 0) is 4.79 Å². The average molecular weight is 235 g/mol. The molecule has 0 aromatic carbocycles. The van der Waals surface area contributed by atoms with Crippen LogP contribution in [0, 0.1) is 0 Å². The number of hydrogen-bond donors (Lipinski definition) is 4. The molecule has 0 saturated carbocycles. The van der Waals surface area contributed by atoms with Gasteiger partial charge in [-0.05, 0) is 13.8 Å². The third-order valence-electron chi connectivity index (χ3n) is 1.89. The number of nitrogens with one attached hydrogen (secondary N) is 1. The van der Waals surface area contributed by atoms with Gasteiger partial charge in [-0.1, -0.05) is 0 Å². The summed E-state index contributed by atoms with van der Waals surface area (Å²) in [5.41, 5.74) is 10.4. The van der Waals surface area contributed by atoms with Crippen molar-refractivity contribution < 1.29 is 14.7 Å². The van der Waals surface area contributed by atoms with Gasteiger partial charge >= 0.3 is 12.0 Å². The first-order valence-corrected chi connectivity index (χ1v) is 5.41. The molecule has 2 amide bonds. The Labute approximate surface area is 92.8 Å². The zero-order valence-electron chi connectivity index (χ0n) is 8.82. The van der Waals surface area contributed by atoms with Gasteiger partial charge in [-0.2, -0.15) is 11.8 Å². The maximum atomic E-state index is 10.7. The summed E-state index contributed by atoms with van der Waals surface area (Å²) in [7, 11) is 0. The molecule has 0 aromatic heterocycles. The number of hydrogen-bond acceptors (Lipinski definition) is 4. The number of primary amides is 1. The van der Waals surface area contributed by atoms with E-state index in [9.17, 15) is 9.59 Å². The molecule has 0 saturated heterocycles. The lowest BCUT2D eigenvalue weighted by Gasteiger charge is -2.27. The average Bonchev–Trinajstić information content (AvgIpc) is 2.10. The van der Waals surface area contributed by atoms with Gasteiger partial charge in [0.05, 0.1) is 0 Å². The van der Waals surface area contributed by atoms with E-state index in [0.29, 0.717) is 12.3 Å². The van der Waals surface area contributed by atoms with Crippen molar-refractivity contribution in [2.75, 3.05) is 12.3 Å². The molecule has 0 heterocycles. The first-order valence-electron chi connectivity index (χ1n) is 4.43. The Hall–Kier alpha value is -0.950. The van der Waals surface area contributed by atoms with E-state index in [-0.39, 0.29) is 0 Å². The number of carboxylic acid groups (broad SMARTS) is 1. The van der Waals surface area contributed by atoms with Gasteiger partial charge in [-0.3, -0.25) is 4.79 Å². The number of carbonyl (C=O) groups is 2. The van der Waals surface area contributed by atoms with Crippen molar-refractivity contribution in [1.29, 1.82) is 0 Å². The Kier molecular flexibility index (Phi) is 5.45. The molecule has 1 atom stereocenters. The molecule has 0 bridgehead atoms. The lowest BCUT2D eigenvalue weighted by atomic mass is 10.1. The highest BCUT2D eigenvalue weighted by molar-refractivity contribution is 8.00. The van der Waals surface area contributed by atoms with Crippen LogP contribution < -0.4 is 16.8 Å². The van der Waals surface area contributed by atoms with Gasteiger partial charge in [0.15, 0.2) is 0 Å². The van der Waals surface area contributed by atoms with Gasteiger partial charge in [0.1, 0.15) is 6.04 Å². The molecule has 0 rings (SSSR count). The van der Waals surface area contributed by atoms with E-state index in [1.165, 1.54) is 11.8 Å². The van der Waals surface area contributed by atoms with Crippen LogP contribution in [0.15, 0.2) is 0 Å². The highest BCUT2D eigenvalue weighted by Crippen LogP contribution is 2.26. The first kappa shape index (κ1) is 14.1. The lowest BCUT2D eigenvalue weighted by Crippen LogP contribution is -2.47. The van der Waals surface area contributed by atoms with Crippen LogP contribution in [0.4, 0.5) is 4.79 Å². The number of nitrogens with two attached hydrogens (primary N) is 2. The minimum Gasteiger partial charge on any atom is -0.480 e. The van der Waals surface area contributed by atoms with Crippen molar-refractivity contribution in [3.05, 3.63) is 0 Å². The molecule has 0 unspecified atom stereocenters. The molecule has 6 N–H and O–H groups in total. The van der Waals surface area contributed by atoms with Gasteiger partial charge in [-0.25, -0.2) is 4.79 Å². The Bertz CT molecular complexity index is 245. The second-order valence-electron chi connectivity index (χ2n) is 3.56. The molecule has 0 aliphatic carbocycles. The molecule has 0 spiro atoms. The highest BCUT2D eigenvalue weighted by atomic mass is 32.2. The predicted molar refractivity (Wildman–Crippen MR) is 59.7 cm³/mol. The second kappa shape index (κ2) is 5.82. The van der Waals surface area contributed by atoms with Crippen LogP contribution in [0.2, 0.25) is 0 Å². The number of aliphatic carboxylic acids is 1. The lowest BCUT2D eigenvalue weighted by molar-refractivity contribution is -0.139. The molecule has 0 radical (unpaired) electrons. The maximum Gasteiger partial charge on any atom is 0.321 e. The second-order valence-corrected chi connectivity index (χ2v) is 5.31. The minimum absolute atomic E-state index is 0.399. The fraction of sp³-hybridized carbons (Fsp3) is 0.750. The Morgan fingerprint density at radius 1 is 1.53 bits per heavy atom. The number of rotatable bonds is 6. The Morgan fingerprint density at radius 2 is 2.07 bits per heavy atom. The Morgan fingerprint density at radius 3 is 2.47 bits per heavy atom. The summed E-state index contributed by atoms with van der Waals surface area (Å²) < 4.78 is -0.578. The van der Waals surface area contributed by atoms with Crippen molar-refractivity contribution in [3.8, 4) is 0 Å². The smallest absolute Gasteiger partial charge is 0.321 e. The van der Waals surface area contributed by atoms with Crippen LogP contribution in [-0.4, -0.2) is 40.2 Å². The number of urea groups is 1. The molecular formula is C8H17N3O3S. The number of carboxylic acids is 1. The van der Waals surface area contributed by atoms with Gasteiger partial charge in [0.25, 0.3) is 0 Å². The van der Waals surface area contributed by atoms with Crippen molar-refractivity contribution in [1.82, 2.24) is 5.32 Å². The highest BCUT2D eigenvalue weighted by Gasteiger charge is 2.32. The molecule has 0 aliphatic rings. The molecule has 0 fully saturated rings. The maximum absolute atomic E-state index is 10.7. The minimum atomic E-state index is -1.03. The van der Waals surface area contributed by atoms with Crippen molar-refractivity contribution in [2.24, 2.45) is 11.5 Å². The van der Waals surface area contributed by atoms with E-state index < -0.39 is 22.8 Å². The fourth-order valence-electron chi connectivity index (χ4n) is 0.875. The van der Waals surface area contributed by atoms with Crippen molar-refractivity contribution in [2.45, 2.75) is 24.6 Å². The van der Waals surface area contributed by atoms with E-state index in [0.717, 1.165) is 0 Å². The zero-order chi connectivity index (χ0) is 12.1. The molecule has 15 heavy (non-hydrogen) atoms. The van der Waals surface area contributed by atoms with Crippen LogP contribution in [0.25, 0.3) is 0 Å². The first-order chi connectivity index (χ1) is 6.77. The van der Waals surface area contributed by atoms with Crippen molar-refractivity contribution >= 4 is 23.8 Å². The molecule has 7 heteroatoms. The normalized spacial score (nSPS) is 13.3.